The van der Waals surface area contributed by atoms with Crippen LogP contribution < -0.4 is 0 Å². The highest BCUT2D eigenvalue weighted by molar-refractivity contribution is 5.77. The van der Waals surface area contributed by atoms with E-state index in [4.69, 9.17) is 5.11 Å². The predicted molar refractivity (Wildman–Crippen MR) is 84.3 cm³/mol. The summed E-state index contributed by atoms with van der Waals surface area (Å²) in [5.74, 6) is 0.0612. The molecule has 2 saturated carbocycles. The molecule has 3 aliphatic rings. The van der Waals surface area contributed by atoms with Gasteiger partial charge >= 0.3 is 5.97 Å². The number of carbonyl (C=O) groups is 2. The fourth-order valence-corrected chi connectivity index (χ4v) is 4.49. The lowest BCUT2D eigenvalue weighted by Crippen LogP contribution is -2.41. The molecule has 1 unspecified atom stereocenters. The van der Waals surface area contributed by atoms with Crippen LogP contribution in [-0.4, -0.2) is 35.0 Å². The molecule has 22 heavy (non-hydrogen) atoms. The van der Waals surface area contributed by atoms with Gasteiger partial charge in [0.25, 0.3) is 0 Å². The maximum atomic E-state index is 12.5. The summed E-state index contributed by atoms with van der Waals surface area (Å²) in [5.41, 5.74) is 0.479. The highest BCUT2D eigenvalue weighted by Gasteiger charge is 2.59. The topological polar surface area (TPSA) is 57.6 Å². The average Bonchev–Trinajstić information content (AvgIpc) is 3.16. The largest absolute Gasteiger partial charge is 0.481 e. The number of hydrogen-bond donors (Lipinski definition) is 1. The Morgan fingerprint density at radius 3 is 2.18 bits per heavy atom. The fourth-order valence-electron chi connectivity index (χ4n) is 4.49. The van der Waals surface area contributed by atoms with Crippen molar-refractivity contribution in [1.82, 2.24) is 4.90 Å². The highest BCUT2D eigenvalue weighted by Crippen LogP contribution is 2.59. The lowest BCUT2D eigenvalue weighted by Gasteiger charge is -2.36. The first-order chi connectivity index (χ1) is 10.3. The van der Waals surface area contributed by atoms with Gasteiger partial charge in [0.1, 0.15) is 0 Å². The zero-order chi connectivity index (χ0) is 16.0. The molecule has 1 aliphatic heterocycles. The number of amides is 1. The van der Waals surface area contributed by atoms with Crippen LogP contribution in [0.2, 0.25) is 0 Å². The van der Waals surface area contributed by atoms with Gasteiger partial charge in [0.05, 0.1) is 5.92 Å². The molecule has 3 rings (SSSR count). The van der Waals surface area contributed by atoms with Crippen LogP contribution >= 0.6 is 0 Å². The number of carboxylic acids is 1. The molecular formula is C18H29NO3. The Labute approximate surface area is 133 Å². The first-order valence-corrected chi connectivity index (χ1v) is 8.82. The molecule has 4 heteroatoms. The number of carbonyl (C=O) groups excluding carboxylic acids is 1. The van der Waals surface area contributed by atoms with Gasteiger partial charge in [-0.25, -0.2) is 0 Å². The summed E-state index contributed by atoms with van der Waals surface area (Å²) in [5, 5.41) is 9.12. The van der Waals surface area contributed by atoms with Gasteiger partial charge in [-0.15, -0.1) is 0 Å². The van der Waals surface area contributed by atoms with Crippen LogP contribution in [-0.2, 0) is 9.59 Å². The van der Waals surface area contributed by atoms with Crippen LogP contribution in [0.1, 0.15) is 65.2 Å². The van der Waals surface area contributed by atoms with Crippen molar-refractivity contribution in [3.8, 4) is 0 Å². The number of piperidine rings is 1. The maximum Gasteiger partial charge on any atom is 0.307 e. The fraction of sp³-hybridized carbons (Fsp3) is 0.889. The number of carboxylic acid groups (broad SMARTS) is 1. The zero-order valence-electron chi connectivity index (χ0n) is 13.9. The Morgan fingerprint density at radius 2 is 1.68 bits per heavy atom. The van der Waals surface area contributed by atoms with Crippen molar-refractivity contribution < 1.29 is 14.7 Å². The van der Waals surface area contributed by atoms with E-state index in [0.29, 0.717) is 23.7 Å². The normalized spacial score (nSPS) is 30.3. The third-order valence-corrected chi connectivity index (χ3v) is 6.52. The lowest BCUT2D eigenvalue weighted by atomic mass is 9.72. The lowest BCUT2D eigenvalue weighted by molar-refractivity contribution is -0.140. The van der Waals surface area contributed by atoms with E-state index in [0.717, 1.165) is 32.4 Å². The molecule has 0 bridgehead atoms. The summed E-state index contributed by atoms with van der Waals surface area (Å²) in [6.45, 7) is 6.18. The van der Waals surface area contributed by atoms with Crippen molar-refractivity contribution in [2.75, 3.05) is 13.1 Å². The van der Waals surface area contributed by atoms with Gasteiger partial charge in [-0.2, -0.15) is 0 Å². The molecule has 124 valence electrons. The van der Waals surface area contributed by atoms with Crippen LogP contribution in [0.25, 0.3) is 0 Å². The smallest absolute Gasteiger partial charge is 0.307 e. The SMILES string of the molecule is CC1(C)CCC(CC(=O)N2CCC3(CC2)CC3C(=O)O)CC1. The van der Waals surface area contributed by atoms with Gasteiger partial charge < -0.3 is 10.0 Å². The number of nitrogens with zero attached hydrogens (tertiary/aromatic N) is 1. The summed E-state index contributed by atoms with van der Waals surface area (Å²) in [4.78, 5) is 25.6. The Kier molecular flexibility index (Phi) is 3.98. The molecule has 0 aromatic rings. The summed E-state index contributed by atoms with van der Waals surface area (Å²) in [6.07, 6.45) is 8.10. The van der Waals surface area contributed by atoms with Crippen LogP contribution in [0.3, 0.4) is 0 Å². The number of hydrogen-bond acceptors (Lipinski definition) is 2. The van der Waals surface area contributed by atoms with E-state index in [1.165, 1.54) is 25.7 Å². The van der Waals surface area contributed by atoms with Crippen molar-refractivity contribution in [3.05, 3.63) is 0 Å². The van der Waals surface area contributed by atoms with Crippen LogP contribution in [0.5, 0.6) is 0 Å². The molecule has 3 fully saturated rings. The third-order valence-electron chi connectivity index (χ3n) is 6.52. The van der Waals surface area contributed by atoms with Crippen molar-refractivity contribution in [3.63, 3.8) is 0 Å². The van der Waals surface area contributed by atoms with Crippen molar-refractivity contribution >= 4 is 11.9 Å². The number of likely N-dealkylation sites (tertiary alicyclic amines) is 1. The van der Waals surface area contributed by atoms with Crippen LogP contribution in [0.15, 0.2) is 0 Å². The van der Waals surface area contributed by atoms with Gasteiger partial charge in [-0.1, -0.05) is 13.8 Å². The van der Waals surface area contributed by atoms with E-state index in [-0.39, 0.29) is 11.3 Å². The van der Waals surface area contributed by atoms with Crippen LogP contribution in [0, 0.1) is 22.7 Å². The predicted octanol–water partition coefficient (Wildman–Crippen LogP) is 3.31. The van der Waals surface area contributed by atoms with E-state index in [1.807, 2.05) is 4.90 Å². The van der Waals surface area contributed by atoms with E-state index in [9.17, 15) is 9.59 Å². The average molecular weight is 307 g/mol. The molecule has 0 aromatic carbocycles. The molecule has 1 atom stereocenters. The van der Waals surface area contributed by atoms with Crippen molar-refractivity contribution in [2.45, 2.75) is 65.2 Å². The van der Waals surface area contributed by atoms with Crippen LogP contribution in [0.4, 0.5) is 0 Å². The first-order valence-electron chi connectivity index (χ1n) is 8.82. The van der Waals surface area contributed by atoms with Gasteiger partial charge in [-0.05, 0) is 61.7 Å². The molecule has 4 nitrogen and oxygen atoms in total. The third kappa shape index (κ3) is 3.16. The van der Waals surface area contributed by atoms with E-state index in [1.54, 1.807) is 0 Å². The molecule has 2 aliphatic carbocycles. The quantitative estimate of drug-likeness (QED) is 0.870. The Bertz CT molecular complexity index is 453. The monoisotopic (exact) mass is 307 g/mol. The summed E-state index contributed by atoms with van der Waals surface area (Å²) < 4.78 is 0. The minimum absolute atomic E-state index is 0.0253. The Hall–Kier alpha value is -1.06. The molecular weight excluding hydrogens is 278 g/mol. The highest BCUT2D eigenvalue weighted by atomic mass is 16.4. The summed E-state index contributed by atoms with van der Waals surface area (Å²) in [6, 6.07) is 0. The molecule has 1 spiro atoms. The second kappa shape index (κ2) is 5.54. The van der Waals surface area contributed by atoms with Crippen molar-refractivity contribution in [2.24, 2.45) is 22.7 Å². The molecule has 1 heterocycles. The molecule has 1 amide bonds. The summed E-state index contributed by atoms with van der Waals surface area (Å²) in [7, 11) is 0. The Balaban J connectivity index is 1.44. The maximum absolute atomic E-state index is 12.5. The molecule has 0 radical (unpaired) electrons. The van der Waals surface area contributed by atoms with E-state index in [2.05, 4.69) is 13.8 Å². The second-order valence-electron chi connectivity index (χ2n) is 8.65. The molecule has 0 aromatic heterocycles. The van der Waals surface area contributed by atoms with Gasteiger partial charge in [0.2, 0.25) is 5.91 Å². The summed E-state index contributed by atoms with van der Waals surface area (Å²) >= 11 is 0. The zero-order valence-corrected chi connectivity index (χ0v) is 13.9. The number of rotatable bonds is 3. The standard InChI is InChI=1S/C18H29NO3/c1-17(2)5-3-13(4-6-17)11-15(20)19-9-7-18(8-10-19)12-14(18)16(21)22/h13-14H,3-12H2,1-2H3,(H,21,22). The first kappa shape index (κ1) is 15.8. The minimum Gasteiger partial charge on any atom is -0.481 e. The second-order valence-corrected chi connectivity index (χ2v) is 8.65. The van der Waals surface area contributed by atoms with Gasteiger partial charge in [0.15, 0.2) is 0 Å². The van der Waals surface area contributed by atoms with Gasteiger partial charge in [-0.3, -0.25) is 9.59 Å². The Morgan fingerprint density at radius 1 is 1.09 bits per heavy atom. The van der Waals surface area contributed by atoms with Crippen molar-refractivity contribution in [1.29, 1.82) is 0 Å². The van der Waals surface area contributed by atoms with E-state index >= 15 is 0 Å². The van der Waals surface area contributed by atoms with Gasteiger partial charge in [0, 0.05) is 19.5 Å². The van der Waals surface area contributed by atoms with E-state index < -0.39 is 5.97 Å². The molecule has 1 N–H and O–H groups in total. The molecule has 1 saturated heterocycles. The number of aliphatic carboxylic acids is 1. The minimum atomic E-state index is -0.649.